The highest BCUT2D eigenvalue weighted by Gasteiger charge is 2.09. The molecule has 2 heterocycles. The maximum absolute atomic E-state index is 12.2. The Hall–Kier alpha value is -2.94. The van der Waals surface area contributed by atoms with Crippen LogP contribution in [0.1, 0.15) is 11.3 Å². The molecule has 0 aliphatic heterocycles. The second-order valence-corrected chi connectivity index (χ2v) is 5.47. The van der Waals surface area contributed by atoms with Gasteiger partial charge in [0, 0.05) is 12.1 Å². The van der Waals surface area contributed by atoms with Gasteiger partial charge in [0.1, 0.15) is 5.69 Å². The standard InChI is InChI=1S/C13H8N4O4S/c1-7-11(18)14-13-16(15-7)12(19)10(22-13)6-8-3-2-4-9(5-8)17(20)21/h2-6H,1H3. The molecule has 0 saturated carbocycles. The van der Waals surface area contributed by atoms with E-state index in [9.17, 15) is 19.7 Å². The average Bonchev–Trinajstić information content (AvgIpc) is 2.76. The number of aryl methyl sites for hydroxylation is 1. The summed E-state index contributed by atoms with van der Waals surface area (Å²) in [7, 11) is 0. The van der Waals surface area contributed by atoms with E-state index in [2.05, 4.69) is 10.1 Å². The minimum atomic E-state index is -0.509. The van der Waals surface area contributed by atoms with Gasteiger partial charge in [-0.1, -0.05) is 23.5 Å². The molecule has 8 nitrogen and oxygen atoms in total. The van der Waals surface area contributed by atoms with Gasteiger partial charge in [-0.3, -0.25) is 19.7 Å². The Labute approximate surface area is 126 Å². The molecule has 3 rings (SSSR count). The first-order chi connectivity index (χ1) is 10.5. The molecule has 110 valence electrons. The number of thiazole rings is 1. The van der Waals surface area contributed by atoms with E-state index < -0.39 is 16.0 Å². The van der Waals surface area contributed by atoms with E-state index in [4.69, 9.17) is 0 Å². The van der Waals surface area contributed by atoms with Gasteiger partial charge < -0.3 is 0 Å². The molecule has 0 atom stereocenters. The molecule has 0 unspecified atom stereocenters. The largest absolute Gasteiger partial charge is 0.295 e. The molecule has 0 aliphatic rings. The SMILES string of the molecule is Cc1nn2c(=O)c(=Cc3cccc([N+](=O)[O-])c3)sc2nc1=O. The molecule has 2 aromatic heterocycles. The molecule has 0 saturated heterocycles. The van der Waals surface area contributed by atoms with Gasteiger partial charge in [-0.05, 0) is 18.6 Å². The Morgan fingerprint density at radius 3 is 2.86 bits per heavy atom. The average molecular weight is 316 g/mol. The molecule has 0 bridgehead atoms. The smallest absolute Gasteiger partial charge is 0.266 e. The van der Waals surface area contributed by atoms with Crippen molar-refractivity contribution in [2.24, 2.45) is 0 Å². The van der Waals surface area contributed by atoms with Gasteiger partial charge >= 0.3 is 0 Å². The number of hydrogen-bond acceptors (Lipinski definition) is 7. The van der Waals surface area contributed by atoms with Crippen molar-refractivity contribution in [2.75, 3.05) is 0 Å². The fraction of sp³-hybridized carbons (Fsp3) is 0.0769. The molecule has 22 heavy (non-hydrogen) atoms. The van der Waals surface area contributed by atoms with Crippen LogP contribution in [-0.2, 0) is 0 Å². The van der Waals surface area contributed by atoms with E-state index in [1.54, 1.807) is 6.07 Å². The van der Waals surface area contributed by atoms with E-state index >= 15 is 0 Å². The zero-order valence-corrected chi connectivity index (χ0v) is 12.0. The fourth-order valence-corrected chi connectivity index (χ4v) is 2.77. The molecule has 3 aromatic rings. The number of non-ortho nitro benzene ring substituents is 1. The van der Waals surface area contributed by atoms with E-state index in [1.807, 2.05) is 0 Å². The van der Waals surface area contributed by atoms with Crippen LogP contribution in [0.15, 0.2) is 33.9 Å². The molecule has 0 radical (unpaired) electrons. The maximum Gasteiger partial charge on any atom is 0.295 e. The topological polar surface area (TPSA) is 107 Å². The Balaban J connectivity index is 2.24. The number of fused-ring (bicyclic) bond motifs is 1. The molecule has 0 amide bonds. The Morgan fingerprint density at radius 2 is 2.14 bits per heavy atom. The molecule has 1 aromatic carbocycles. The van der Waals surface area contributed by atoms with Gasteiger partial charge in [-0.2, -0.15) is 14.6 Å². The van der Waals surface area contributed by atoms with Crippen LogP contribution < -0.4 is 15.7 Å². The lowest BCUT2D eigenvalue weighted by Gasteiger charge is -1.92. The van der Waals surface area contributed by atoms with Gasteiger partial charge in [0.2, 0.25) is 4.96 Å². The van der Waals surface area contributed by atoms with Crippen molar-refractivity contribution < 1.29 is 4.92 Å². The highest BCUT2D eigenvalue weighted by molar-refractivity contribution is 7.15. The Bertz CT molecular complexity index is 1070. The highest BCUT2D eigenvalue weighted by atomic mass is 32.1. The third-order valence-corrected chi connectivity index (χ3v) is 3.88. The molecular formula is C13H8N4O4S. The lowest BCUT2D eigenvalue weighted by Crippen LogP contribution is -2.27. The summed E-state index contributed by atoms with van der Waals surface area (Å²) < 4.78 is 1.36. The fourth-order valence-electron chi connectivity index (χ4n) is 1.87. The Morgan fingerprint density at radius 1 is 1.36 bits per heavy atom. The Kier molecular flexibility index (Phi) is 3.26. The number of aromatic nitrogens is 3. The van der Waals surface area contributed by atoms with Crippen LogP contribution in [0.25, 0.3) is 11.0 Å². The summed E-state index contributed by atoms with van der Waals surface area (Å²) in [6.45, 7) is 1.48. The minimum absolute atomic E-state index is 0.0658. The lowest BCUT2D eigenvalue weighted by atomic mass is 10.2. The van der Waals surface area contributed by atoms with Crippen LogP contribution in [-0.4, -0.2) is 19.5 Å². The summed E-state index contributed by atoms with van der Waals surface area (Å²) in [5, 5.41) is 14.7. The van der Waals surface area contributed by atoms with Crippen LogP contribution >= 0.6 is 11.3 Å². The van der Waals surface area contributed by atoms with Crippen LogP contribution in [0, 0.1) is 17.0 Å². The first kappa shape index (κ1) is 14.0. The number of hydrogen-bond donors (Lipinski definition) is 0. The minimum Gasteiger partial charge on any atom is -0.266 e. The summed E-state index contributed by atoms with van der Waals surface area (Å²) in [5.41, 5.74) is -0.319. The van der Waals surface area contributed by atoms with E-state index in [0.717, 1.165) is 15.9 Å². The van der Waals surface area contributed by atoms with Crippen LogP contribution in [0.2, 0.25) is 0 Å². The van der Waals surface area contributed by atoms with E-state index in [1.165, 1.54) is 31.2 Å². The van der Waals surface area contributed by atoms with Crippen molar-refractivity contribution in [2.45, 2.75) is 6.92 Å². The van der Waals surface area contributed by atoms with E-state index in [-0.39, 0.29) is 16.3 Å². The summed E-state index contributed by atoms with van der Waals surface area (Å²) in [5.74, 6) is 0. The van der Waals surface area contributed by atoms with Gasteiger partial charge in [0.25, 0.3) is 16.8 Å². The lowest BCUT2D eigenvalue weighted by molar-refractivity contribution is -0.384. The zero-order chi connectivity index (χ0) is 15.9. The monoisotopic (exact) mass is 316 g/mol. The molecular weight excluding hydrogens is 308 g/mol. The number of nitro benzene ring substituents is 1. The second-order valence-electron chi connectivity index (χ2n) is 4.46. The summed E-state index contributed by atoms with van der Waals surface area (Å²) in [6, 6.07) is 5.91. The van der Waals surface area contributed by atoms with Crippen molar-refractivity contribution in [1.29, 1.82) is 0 Å². The normalized spacial score (nSPS) is 12.0. The number of nitrogens with zero attached hydrogens (tertiary/aromatic N) is 4. The number of nitro groups is 1. The second kappa shape index (κ2) is 5.11. The molecule has 0 aliphatic carbocycles. The summed E-state index contributed by atoms with van der Waals surface area (Å²) in [6.07, 6.45) is 1.51. The summed E-state index contributed by atoms with van der Waals surface area (Å²) in [4.78, 5) is 37.9. The summed E-state index contributed by atoms with van der Waals surface area (Å²) >= 11 is 1.01. The molecule has 0 N–H and O–H groups in total. The van der Waals surface area contributed by atoms with E-state index in [0.29, 0.717) is 10.1 Å². The predicted octanol–water partition coefficient (Wildman–Crippen LogP) is 0.276. The van der Waals surface area contributed by atoms with Crippen LogP contribution in [0.3, 0.4) is 0 Å². The maximum atomic E-state index is 12.2. The zero-order valence-electron chi connectivity index (χ0n) is 11.2. The third-order valence-electron chi connectivity index (χ3n) is 2.92. The van der Waals surface area contributed by atoms with Gasteiger partial charge in [0.05, 0.1) is 9.46 Å². The quantitative estimate of drug-likeness (QED) is 0.496. The molecule has 9 heteroatoms. The van der Waals surface area contributed by atoms with Crippen LogP contribution in [0.4, 0.5) is 5.69 Å². The highest BCUT2D eigenvalue weighted by Crippen LogP contribution is 2.13. The van der Waals surface area contributed by atoms with Crippen molar-refractivity contribution >= 4 is 28.1 Å². The van der Waals surface area contributed by atoms with Crippen LogP contribution in [0.5, 0.6) is 0 Å². The van der Waals surface area contributed by atoms with Gasteiger partial charge in [-0.15, -0.1) is 0 Å². The van der Waals surface area contributed by atoms with Crippen molar-refractivity contribution in [3.05, 3.63) is 70.9 Å². The van der Waals surface area contributed by atoms with Gasteiger partial charge in [0.15, 0.2) is 0 Å². The third kappa shape index (κ3) is 2.37. The number of benzene rings is 1. The van der Waals surface area contributed by atoms with Crippen molar-refractivity contribution in [3.8, 4) is 0 Å². The molecule has 0 spiro atoms. The predicted molar refractivity (Wildman–Crippen MR) is 80.0 cm³/mol. The van der Waals surface area contributed by atoms with Crippen molar-refractivity contribution in [3.63, 3.8) is 0 Å². The first-order valence-corrected chi connectivity index (χ1v) is 6.94. The molecule has 0 fully saturated rings. The van der Waals surface area contributed by atoms with Gasteiger partial charge in [-0.25, -0.2) is 0 Å². The number of rotatable bonds is 2. The van der Waals surface area contributed by atoms with Crippen molar-refractivity contribution in [1.82, 2.24) is 14.6 Å². The first-order valence-electron chi connectivity index (χ1n) is 6.12.